The van der Waals surface area contributed by atoms with Crippen molar-refractivity contribution in [2.45, 2.75) is 39.8 Å². The van der Waals surface area contributed by atoms with Gasteiger partial charge in [0.15, 0.2) is 0 Å². The molecule has 1 N–H and O–H groups in total. The van der Waals surface area contributed by atoms with Crippen LogP contribution in [0.25, 0.3) is 0 Å². The molecule has 21 heavy (non-hydrogen) atoms. The second-order valence-corrected chi connectivity index (χ2v) is 6.97. The topological polar surface area (TPSA) is 18.5 Å². The Hall–Kier alpha value is -0.580. The van der Waals surface area contributed by atoms with Crippen molar-refractivity contribution in [2.75, 3.05) is 38.6 Å². The van der Waals surface area contributed by atoms with E-state index < -0.39 is 0 Å². The Morgan fingerprint density at radius 1 is 1.14 bits per heavy atom. The minimum atomic E-state index is 0.514. The molecule has 1 aromatic rings. The largest absolute Gasteiger partial charge is 0.369 e. The number of nitrogens with one attached hydrogen (secondary N) is 1. The summed E-state index contributed by atoms with van der Waals surface area (Å²) in [6, 6.07) is 7.23. The van der Waals surface area contributed by atoms with E-state index >= 15 is 0 Å². The zero-order valence-corrected chi connectivity index (χ0v) is 15.7. The lowest BCUT2D eigenvalue weighted by Crippen LogP contribution is -2.32. The molecule has 0 aromatic heterocycles. The molecule has 0 saturated carbocycles. The minimum Gasteiger partial charge on any atom is -0.369 e. The summed E-state index contributed by atoms with van der Waals surface area (Å²) in [6.45, 7) is 10.7. The highest BCUT2D eigenvalue weighted by Crippen LogP contribution is 2.27. The fraction of sp³-hybridized carbons (Fsp3) is 0.647. The lowest BCUT2D eigenvalue weighted by atomic mass is 10.1. The monoisotopic (exact) mass is 355 g/mol. The zero-order valence-electron chi connectivity index (χ0n) is 14.1. The van der Waals surface area contributed by atoms with Gasteiger partial charge in [0.1, 0.15) is 0 Å². The highest BCUT2D eigenvalue weighted by Gasteiger charge is 2.10. The number of halogens is 1. The maximum absolute atomic E-state index is 3.75. The molecule has 0 spiro atoms. The Morgan fingerprint density at radius 2 is 1.86 bits per heavy atom. The smallest absolute Gasteiger partial charge is 0.0511 e. The first kappa shape index (κ1) is 18.5. The van der Waals surface area contributed by atoms with E-state index in [1.807, 2.05) is 0 Å². The summed E-state index contributed by atoms with van der Waals surface area (Å²) in [5, 5.41) is 3.46. The van der Waals surface area contributed by atoms with Crippen molar-refractivity contribution in [3.8, 4) is 0 Å². The van der Waals surface area contributed by atoms with Gasteiger partial charge in [0.25, 0.3) is 0 Å². The van der Waals surface area contributed by atoms with Gasteiger partial charge in [-0.1, -0.05) is 26.8 Å². The number of hydrogen-bond donors (Lipinski definition) is 1. The van der Waals surface area contributed by atoms with Crippen LogP contribution in [-0.2, 0) is 6.54 Å². The molecule has 0 atom stereocenters. The van der Waals surface area contributed by atoms with Crippen LogP contribution >= 0.6 is 15.9 Å². The lowest BCUT2D eigenvalue weighted by Gasteiger charge is -2.27. The fourth-order valence-electron chi connectivity index (χ4n) is 2.18. The molecule has 0 heterocycles. The summed E-state index contributed by atoms with van der Waals surface area (Å²) in [7, 11) is 4.25. The molecule has 0 bridgehead atoms. The van der Waals surface area contributed by atoms with Crippen LogP contribution in [0.15, 0.2) is 22.7 Å². The molecule has 0 aliphatic carbocycles. The van der Waals surface area contributed by atoms with E-state index in [0.717, 1.165) is 32.6 Å². The first-order valence-corrected chi connectivity index (χ1v) is 8.64. The summed E-state index contributed by atoms with van der Waals surface area (Å²) in [5.41, 5.74) is 2.62. The van der Waals surface area contributed by atoms with E-state index in [1.165, 1.54) is 15.7 Å². The van der Waals surface area contributed by atoms with Gasteiger partial charge in [0.2, 0.25) is 0 Å². The second-order valence-electron chi connectivity index (χ2n) is 6.11. The highest BCUT2D eigenvalue weighted by atomic mass is 79.9. The number of nitrogens with zero attached hydrogens (tertiary/aromatic N) is 2. The van der Waals surface area contributed by atoms with Crippen LogP contribution in [0.2, 0.25) is 0 Å². The van der Waals surface area contributed by atoms with Gasteiger partial charge in [-0.15, -0.1) is 0 Å². The Labute approximate surface area is 138 Å². The summed E-state index contributed by atoms with van der Waals surface area (Å²) in [5.74, 6) is 0. The van der Waals surface area contributed by atoms with E-state index in [1.54, 1.807) is 0 Å². The van der Waals surface area contributed by atoms with Crippen molar-refractivity contribution >= 4 is 21.6 Å². The lowest BCUT2D eigenvalue weighted by molar-refractivity contribution is 0.413. The summed E-state index contributed by atoms with van der Waals surface area (Å²) in [4.78, 5) is 4.70. The highest BCUT2D eigenvalue weighted by molar-refractivity contribution is 9.10. The third-order valence-corrected chi connectivity index (χ3v) is 4.01. The van der Waals surface area contributed by atoms with Crippen LogP contribution in [0.3, 0.4) is 0 Å². The number of hydrogen-bond acceptors (Lipinski definition) is 3. The zero-order chi connectivity index (χ0) is 15.8. The van der Waals surface area contributed by atoms with Gasteiger partial charge in [-0.25, -0.2) is 0 Å². The van der Waals surface area contributed by atoms with Gasteiger partial charge in [-0.3, -0.25) is 0 Å². The van der Waals surface area contributed by atoms with Crippen molar-refractivity contribution in [2.24, 2.45) is 0 Å². The van der Waals surface area contributed by atoms with Crippen molar-refractivity contribution in [1.29, 1.82) is 0 Å². The Balaban J connectivity index is 2.78. The molecule has 0 aliphatic heterocycles. The van der Waals surface area contributed by atoms with Gasteiger partial charge < -0.3 is 15.1 Å². The average molecular weight is 356 g/mol. The molecular weight excluding hydrogens is 326 g/mol. The summed E-state index contributed by atoms with van der Waals surface area (Å²) in [6.07, 6.45) is 1.16. The standard InChI is InChI=1S/C17H30BrN3/c1-6-9-21(11-10-20(4)5)17-8-7-15(12-16(17)18)13-19-14(2)3/h7-8,12,14,19H,6,9-11,13H2,1-5H3. The number of rotatable bonds is 9. The molecule has 1 aromatic carbocycles. The molecular formula is C17H30BrN3. The Bertz CT molecular complexity index is 418. The summed E-state index contributed by atoms with van der Waals surface area (Å²) >= 11 is 3.75. The molecule has 0 unspecified atom stereocenters. The van der Waals surface area contributed by atoms with E-state index in [0.29, 0.717) is 6.04 Å². The number of benzene rings is 1. The molecule has 0 saturated heterocycles. The third-order valence-electron chi connectivity index (χ3n) is 3.38. The average Bonchev–Trinajstić information content (AvgIpc) is 2.41. The second kappa shape index (κ2) is 9.44. The Morgan fingerprint density at radius 3 is 2.38 bits per heavy atom. The maximum atomic E-state index is 3.75. The van der Waals surface area contributed by atoms with E-state index in [-0.39, 0.29) is 0 Å². The first-order chi connectivity index (χ1) is 9.93. The normalized spacial score (nSPS) is 11.4. The molecule has 0 aliphatic rings. The van der Waals surface area contributed by atoms with Gasteiger partial charge in [-0.2, -0.15) is 0 Å². The van der Waals surface area contributed by atoms with Crippen LogP contribution in [0.5, 0.6) is 0 Å². The molecule has 120 valence electrons. The van der Waals surface area contributed by atoms with Crippen molar-refractivity contribution in [3.05, 3.63) is 28.2 Å². The van der Waals surface area contributed by atoms with Crippen LogP contribution in [0.4, 0.5) is 5.69 Å². The summed E-state index contributed by atoms with van der Waals surface area (Å²) < 4.78 is 1.19. The molecule has 3 nitrogen and oxygen atoms in total. The molecule has 0 radical (unpaired) electrons. The molecule has 0 amide bonds. The van der Waals surface area contributed by atoms with E-state index in [4.69, 9.17) is 0 Å². The van der Waals surface area contributed by atoms with Gasteiger partial charge in [0, 0.05) is 36.7 Å². The number of anilines is 1. The van der Waals surface area contributed by atoms with Crippen LogP contribution in [-0.4, -0.2) is 44.7 Å². The maximum Gasteiger partial charge on any atom is 0.0511 e. The Kier molecular flexibility index (Phi) is 8.30. The fourth-order valence-corrected chi connectivity index (χ4v) is 2.86. The van der Waals surface area contributed by atoms with Crippen LogP contribution in [0.1, 0.15) is 32.8 Å². The predicted molar refractivity (Wildman–Crippen MR) is 97.2 cm³/mol. The van der Waals surface area contributed by atoms with Crippen LogP contribution in [0, 0.1) is 0 Å². The molecule has 1 rings (SSSR count). The number of likely N-dealkylation sites (N-methyl/N-ethyl adjacent to an activating group) is 1. The predicted octanol–water partition coefficient (Wildman–Crippen LogP) is 3.73. The van der Waals surface area contributed by atoms with E-state index in [9.17, 15) is 0 Å². The quantitative estimate of drug-likeness (QED) is 0.727. The van der Waals surface area contributed by atoms with Gasteiger partial charge in [-0.05, 0) is 54.1 Å². The van der Waals surface area contributed by atoms with Gasteiger partial charge >= 0.3 is 0 Å². The molecule has 0 fully saturated rings. The SMILES string of the molecule is CCCN(CCN(C)C)c1ccc(CNC(C)C)cc1Br. The van der Waals surface area contributed by atoms with Crippen LogP contribution < -0.4 is 10.2 Å². The molecule has 4 heteroatoms. The minimum absolute atomic E-state index is 0.514. The third kappa shape index (κ3) is 6.81. The first-order valence-electron chi connectivity index (χ1n) is 7.85. The van der Waals surface area contributed by atoms with Gasteiger partial charge in [0.05, 0.1) is 5.69 Å². The van der Waals surface area contributed by atoms with Crippen molar-refractivity contribution in [1.82, 2.24) is 10.2 Å². The van der Waals surface area contributed by atoms with Crippen molar-refractivity contribution in [3.63, 3.8) is 0 Å². The van der Waals surface area contributed by atoms with Crippen molar-refractivity contribution < 1.29 is 0 Å². The van der Waals surface area contributed by atoms with E-state index in [2.05, 4.69) is 84.1 Å².